The van der Waals surface area contributed by atoms with Gasteiger partial charge in [0.25, 0.3) is 0 Å². The molecule has 1 fully saturated rings. The van der Waals surface area contributed by atoms with Gasteiger partial charge in [-0.15, -0.1) is 0 Å². The fourth-order valence-corrected chi connectivity index (χ4v) is 5.76. The van der Waals surface area contributed by atoms with E-state index >= 15 is 0 Å². The largest absolute Gasteiger partial charge is 0.362 e. The van der Waals surface area contributed by atoms with Crippen molar-refractivity contribution < 1.29 is 0 Å². The zero-order valence-corrected chi connectivity index (χ0v) is 22.6. The number of para-hydroxylation sites is 1. The van der Waals surface area contributed by atoms with Gasteiger partial charge in [-0.05, 0) is 52.6 Å². The summed E-state index contributed by atoms with van der Waals surface area (Å²) in [6.45, 7) is 9.96. The second kappa shape index (κ2) is 11.4. The van der Waals surface area contributed by atoms with Crippen molar-refractivity contribution in [3.05, 3.63) is 138 Å². The number of piperazine rings is 1. The van der Waals surface area contributed by atoms with Crippen molar-refractivity contribution in [2.24, 2.45) is 0 Å². The molecule has 2 atom stereocenters. The third kappa shape index (κ3) is 6.50. The van der Waals surface area contributed by atoms with Crippen molar-refractivity contribution in [2.75, 3.05) is 18.0 Å². The minimum Gasteiger partial charge on any atom is -0.362 e. The van der Waals surface area contributed by atoms with E-state index in [2.05, 4.69) is 146 Å². The lowest BCUT2D eigenvalue weighted by atomic mass is 9.86. The fraction of sp³-hybridized carbons (Fsp3) is 0.314. The average molecular weight is 489 g/mol. The highest BCUT2D eigenvalue weighted by Gasteiger charge is 2.35. The minimum atomic E-state index is 0.173. The van der Waals surface area contributed by atoms with Crippen LogP contribution >= 0.6 is 0 Å². The van der Waals surface area contributed by atoms with Gasteiger partial charge in [-0.2, -0.15) is 0 Å². The smallest absolute Gasteiger partial charge is 0.0461 e. The predicted octanol–water partition coefficient (Wildman–Crippen LogP) is 7.53. The fourth-order valence-electron chi connectivity index (χ4n) is 5.76. The van der Waals surface area contributed by atoms with Gasteiger partial charge in [-0.25, -0.2) is 0 Å². The van der Waals surface area contributed by atoms with Gasteiger partial charge in [0, 0.05) is 37.4 Å². The van der Waals surface area contributed by atoms with E-state index in [1.54, 1.807) is 0 Å². The zero-order valence-electron chi connectivity index (χ0n) is 22.6. The lowest BCUT2D eigenvalue weighted by Crippen LogP contribution is -2.60. The van der Waals surface area contributed by atoms with Crippen molar-refractivity contribution in [1.29, 1.82) is 0 Å². The summed E-state index contributed by atoms with van der Waals surface area (Å²) < 4.78 is 0. The van der Waals surface area contributed by atoms with Crippen LogP contribution in [-0.2, 0) is 24.8 Å². The standard InChI is InChI=1S/C35H40N2/c1-35(2,3)31-21-19-29(20-22-31)24-34-27-36(25-30-15-9-5-10-16-30)26-33(23-28-13-7-4-8-14-28)37(34)32-17-11-6-12-18-32/h4-22,33-34H,23-27H2,1-3H3/t33-,34+/m0/s1. The Morgan fingerprint density at radius 1 is 0.568 bits per heavy atom. The van der Waals surface area contributed by atoms with Crippen LogP contribution in [0.25, 0.3) is 0 Å². The van der Waals surface area contributed by atoms with Crippen molar-refractivity contribution in [3.63, 3.8) is 0 Å². The summed E-state index contributed by atoms with van der Waals surface area (Å²) in [6.07, 6.45) is 2.08. The maximum Gasteiger partial charge on any atom is 0.0461 e. The molecule has 190 valence electrons. The maximum atomic E-state index is 2.73. The molecule has 0 aromatic heterocycles. The van der Waals surface area contributed by atoms with Crippen LogP contribution in [0.5, 0.6) is 0 Å². The first-order valence-electron chi connectivity index (χ1n) is 13.7. The summed E-state index contributed by atoms with van der Waals surface area (Å²) in [5, 5.41) is 0. The van der Waals surface area contributed by atoms with Crippen LogP contribution in [0.15, 0.2) is 115 Å². The van der Waals surface area contributed by atoms with Crippen molar-refractivity contribution >= 4 is 5.69 Å². The van der Waals surface area contributed by atoms with E-state index in [4.69, 9.17) is 0 Å². The molecule has 0 radical (unpaired) electrons. The van der Waals surface area contributed by atoms with Gasteiger partial charge in [-0.3, -0.25) is 4.90 Å². The lowest BCUT2D eigenvalue weighted by Gasteiger charge is -2.49. The molecule has 4 aromatic carbocycles. The van der Waals surface area contributed by atoms with E-state index in [1.807, 2.05) is 0 Å². The van der Waals surface area contributed by atoms with Crippen molar-refractivity contribution in [1.82, 2.24) is 4.90 Å². The molecule has 0 aliphatic carbocycles. The molecule has 1 saturated heterocycles. The van der Waals surface area contributed by atoms with Gasteiger partial charge in [0.15, 0.2) is 0 Å². The third-order valence-corrected chi connectivity index (χ3v) is 7.63. The molecule has 1 aliphatic rings. The Morgan fingerprint density at radius 3 is 1.54 bits per heavy atom. The SMILES string of the molecule is CC(C)(C)c1ccc(C[C@@H]2CN(Cc3ccccc3)C[C@H](Cc3ccccc3)N2c2ccccc2)cc1. The van der Waals surface area contributed by atoms with Crippen LogP contribution in [0.2, 0.25) is 0 Å². The first-order valence-corrected chi connectivity index (χ1v) is 13.7. The molecular formula is C35H40N2. The number of nitrogens with zero attached hydrogens (tertiary/aromatic N) is 2. The second-order valence-electron chi connectivity index (χ2n) is 11.6. The average Bonchev–Trinajstić information content (AvgIpc) is 2.90. The quantitative estimate of drug-likeness (QED) is 0.265. The molecule has 0 saturated carbocycles. The summed E-state index contributed by atoms with van der Waals surface area (Å²) in [5.74, 6) is 0. The molecule has 37 heavy (non-hydrogen) atoms. The van der Waals surface area contributed by atoms with Gasteiger partial charge in [-0.1, -0.05) is 124 Å². The first-order chi connectivity index (χ1) is 18.0. The monoisotopic (exact) mass is 488 g/mol. The molecule has 0 spiro atoms. The molecular weight excluding hydrogens is 448 g/mol. The van der Waals surface area contributed by atoms with Crippen LogP contribution < -0.4 is 4.90 Å². The number of benzene rings is 4. The number of hydrogen-bond acceptors (Lipinski definition) is 2. The molecule has 0 amide bonds. The number of anilines is 1. The lowest BCUT2D eigenvalue weighted by molar-refractivity contribution is 0.179. The maximum absolute atomic E-state index is 2.73. The Kier molecular flexibility index (Phi) is 7.76. The van der Waals surface area contributed by atoms with E-state index in [9.17, 15) is 0 Å². The second-order valence-corrected chi connectivity index (χ2v) is 11.6. The molecule has 5 rings (SSSR count). The van der Waals surface area contributed by atoms with Gasteiger partial charge < -0.3 is 4.90 Å². The van der Waals surface area contributed by atoms with Crippen LogP contribution in [0.1, 0.15) is 43.0 Å². The predicted molar refractivity (Wildman–Crippen MR) is 157 cm³/mol. The third-order valence-electron chi connectivity index (χ3n) is 7.63. The van der Waals surface area contributed by atoms with Crippen molar-refractivity contribution in [2.45, 2.75) is 57.7 Å². The number of rotatable bonds is 7. The molecule has 2 nitrogen and oxygen atoms in total. The van der Waals surface area contributed by atoms with Gasteiger partial charge in [0.2, 0.25) is 0 Å². The highest BCUT2D eigenvalue weighted by atomic mass is 15.3. The molecule has 1 aliphatic heterocycles. The Labute approximate surface area is 223 Å². The summed E-state index contributed by atoms with van der Waals surface area (Å²) in [5.41, 5.74) is 7.11. The van der Waals surface area contributed by atoms with Crippen LogP contribution in [0.3, 0.4) is 0 Å². The molecule has 0 N–H and O–H groups in total. The van der Waals surface area contributed by atoms with Crippen molar-refractivity contribution in [3.8, 4) is 0 Å². The molecule has 0 bridgehead atoms. The van der Waals surface area contributed by atoms with E-state index in [1.165, 1.54) is 27.9 Å². The zero-order chi connectivity index (χ0) is 25.7. The normalized spacial score (nSPS) is 18.6. The Bertz CT molecular complexity index is 1230. The Balaban J connectivity index is 1.47. The minimum absolute atomic E-state index is 0.173. The van der Waals surface area contributed by atoms with Crippen LogP contribution in [-0.4, -0.2) is 30.1 Å². The molecule has 4 aromatic rings. The highest BCUT2D eigenvalue weighted by molar-refractivity contribution is 5.50. The van der Waals surface area contributed by atoms with E-state index in [0.717, 1.165) is 32.5 Å². The summed E-state index contributed by atoms with van der Waals surface area (Å²) >= 11 is 0. The Morgan fingerprint density at radius 2 is 1.03 bits per heavy atom. The van der Waals surface area contributed by atoms with Gasteiger partial charge in [0.05, 0.1) is 0 Å². The summed E-state index contributed by atoms with van der Waals surface area (Å²) in [6, 6.07) is 43.2. The summed E-state index contributed by atoms with van der Waals surface area (Å²) in [4.78, 5) is 5.41. The number of hydrogen-bond donors (Lipinski definition) is 0. The van der Waals surface area contributed by atoms with E-state index in [0.29, 0.717) is 12.1 Å². The molecule has 1 heterocycles. The first kappa shape index (κ1) is 25.3. The summed E-state index contributed by atoms with van der Waals surface area (Å²) in [7, 11) is 0. The van der Waals surface area contributed by atoms with Gasteiger partial charge in [0.1, 0.15) is 0 Å². The topological polar surface area (TPSA) is 6.48 Å². The molecule has 2 heteroatoms. The van der Waals surface area contributed by atoms with E-state index < -0.39 is 0 Å². The molecule has 0 unspecified atom stereocenters. The highest BCUT2D eigenvalue weighted by Crippen LogP contribution is 2.30. The van der Waals surface area contributed by atoms with Gasteiger partial charge >= 0.3 is 0 Å². The van der Waals surface area contributed by atoms with Crippen LogP contribution in [0, 0.1) is 0 Å². The van der Waals surface area contributed by atoms with Crippen LogP contribution in [0.4, 0.5) is 5.69 Å². The Hall–Kier alpha value is -3.36. The van der Waals surface area contributed by atoms with E-state index in [-0.39, 0.29) is 5.41 Å².